The minimum absolute atomic E-state index is 0.0884. The van der Waals surface area contributed by atoms with Gasteiger partial charge in [-0.1, -0.05) is 62.9 Å². The van der Waals surface area contributed by atoms with Crippen LogP contribution in [0.3, 0.4) is 0 Å². The summed E-state index contributed by atoms with van der Waals surface area (Å²) >= 11 is 17.1. The van der Waals surface area contributed by atoms with Crippen molar-refractivity contribution in [2.45, 2.75) is 6.92 Å². The average Bonchev–Trinajstić information content (AvgIpc) is 3.35. The fourth-order valence-corrected chi connectivity index (χ4v) is 5.46. The van der Waals surface area contributed by atoms with Crippen LogP contribution < -0.4 is 4.74 Å². The van der Waals surface area contributed by atoms with E-state index in [9.17, 15) is 9.59 Å². The van der Waals surface area contributed by atoms with Crippen molar-refractivity contribution in [2.75, 3.05) is 0 Å². The summed E-state index contributed by atoms with van der Waals surface area (Å²) in [5.41, 5.74) is 2.32. The van der Waals surface area contributed by atoms with Crippen LogP contribution in [0.4, 0.5) is 0 Å². The molecule has 0 aliphatic carbocycles. The minimum atomic E-state index is -0.618. The molecule has 0 radical (unpaired) electrons. The number of rotatable bonds is 4. The number of halogens is 3. The third kappa shape index (κ3) is 4.90. The molecular weight excluding hydrogens is 573 g/mol. The predicted molar refractivity (Wildman–Crippen MR) is 143 cm³/mol. The molecule has 1 aliphatic rings. The third-order valence-electron chi connectivity index (χ3n) is 5.16. The van der Waals surface area contributed by atoms with Gasteiger partial charge in [-0.3, -0.25) is 0 Å². The molecule has 174 valence electrons. The molecule has 0 saturated carbocycles. The number of aliphatic imine (C=N–C) groups is 1. The van der Waals surface area contributed by atoms with Gasteiger partial charge in [-0.25, -0.2) is 14.6 Å². The number of esters is 2. The van der Waals surface area contributed by atoms with Crippen LogP contribution in [0.15, 0.2) is 75.8 Å². The molecule has 0 saturated heterocycles. The highest BCUT2D eigenvalue weighted by atomic mass is 79.9. The molecule has 0 fully saturated rings. The van der Waals surface area contributed by atoms with Crippen molar-refractivity contribution >= 4 is 84.5 Å². The molecule has 0 unspecified atom stereocenters. The first-order valence-electron chi connectivity index (χ1n) is 10.3. The summed E-state index contributed by atoms with van der Waals surface area (Å²) in [4.78, 5) is 30.1. The van der Waals surface area contributed by atoms with E-state index in [0.717, 1.165) is 20.1 Å². The van der Waals surface area contributed by atoms with Crippen molar-refractivity contribution in [3.8, 4) is 5.75 Å². The summed E-state index contributed by atoms with van der Waals surface area (Å²) < 4.78 is 12.5. The number of benzene rings is 3. The van der Waals surface area contributed by atoms with E-state index in [-0.39, 0.29) is 22.2 Å². The molecule has 0 atom stereocenters. The Bertz CT molecular complexity index is 1570. The second-order valence-electron chi connectivity index (χ2n) is 7.66. The highest BCUT2D eigenvalue weighted by Crippen LogP contribution is 2.38. The second-order valence-corrected chi connectivity index (χ2v) is 10.4. The lowest BCUT2D eigenvalue weighted by molar-refractivity contribution is -0.129. The van der Waals surface area contributed by atoms with E-state index >= 15 is 0 Å². The number of cyclic esters (lactones) is 1. The first-order chi connectivity index (χ1) is 16.8. The monoisotopic (exact) mass is 585 g/mol. The van der Waals surface area contributed by atoms with Gasteiger partial charge in [0.25, 0.3) is 0 Å². The average molecular weight is 587 g/mol. The van der Waals surface area contributed by atoms with Crippen LogP contribution in [-0.4, -0.2) is 17.8 Å². The molecule has 9 heteroatoms. The first-order valence-corrected chi connectivity index (χ1v) is 12.6. The van der Waals surface area contributed by atoms with Crippen molar-refractivity contribution in [1.29, 1.82) is 0 Å². The highest BCUT2D eigenvalue weighted by Gasteiger charge is 2.25. The molecular formula is C26H14BrCl2NO4S. The molecule has 2 heterocycles. The molecule has 5 rings (SSSR count). The van der Waals surface area contributed by atoms with E-state index in [0.29, 0.717) is 21.2 Å². The third-order valence-corrected chi connectivity index (χ3v) is 7.53. The Morgan fingerprint density at radius 2 is 1.86 bits per heavy atom. The Morgan fingerprint density at radius 1 is 1.09 bits per heavy atom. The maximum absolute atomic E-state index is 13.0. The molecule has 0 amide bonds. The lowest BCUT2D eigenvalue weighted by atomic mass is 10.1. The number of carbonyl (C=O) groups is 2. The van der Waals surface area contributed by atoms with Gasteiger partial charge >= 0.3 is 11.9 Å². The SMILES string of the molecule is Cc1ccc(C2=N/C(=C/c3cc(Br)ccc3OC(=O)c3sc4cc(Cl)ccc4c3Cl)C(=O)O2)cc1. The van der Waals surface area contributed by atoms with Gasteiger partial charge in [0.2, 0.25) is 5.90 Å². The maximum atomic E-state index is 13.0. The smallest absolute Gasteiger partial charge is 0.363 e. The molecule has 5 nitrogen and oxygen atoms in total. The molecule has 0 bridgehead atoms. The van der Waals surface area contributed by atoms with Crippen molar-refractivity contribution in [3.63, 3.8) is 0 Å². The van der Waals surface area contributed by atoms with Crippen LogP contribution in [0, 0.1) is 6.92 Å². The Balaban J connectivity index is 1.47. The van der Waals surface area contributed by atoms with Crippen molar-refractivity contribution in [2.24, 2.45) is 4.99 Å². The topological polar surface area (TPSA) is 65.0 Å². The fraction of sp³-hybridized carbons (Fsp3) is 0.0385. The summed E-state index contributed by atoms with van der Waals surface area (Å²) in [6.07, 6.45) is 1.52. The van der Waals surface area contributed by atoms with Crippen molar-refractivity contribution < 1.29 is 19.1 Å². The normalized spacial score (nSPS) is 14.3. The largest absolute Gasteiger partial charge is 0.422 e. The van der Waals surface area contributed by atoms with Crippen LogP contribution in [0.5, 0.6) is 5.75 Å². The van der Waals surface area contributed by atoms with Gasteiger partial charge in [-0.15, -0.1) is 11.3 Å². The van der Waals surface area contributed by atoms with Gasteiger partial charge in [-0.2, -0.15) is 0 Å². The Hall–Kier alpha value is -2.97. The minimum Gasteiger partial charge on any atom is -0.422 e. The quantitative estimate of drug-likeness (QED) is 0.139. The van der Waals surface area contributed by atoms with Crippen LogP contribution in [0.2, 0.25) is 10.0 Å². The van der Waals surface area contributed by atoms with Gasteiger partial charge in [0, 0.05) is 30.7 Å². The van der Waals surface area contributed by atoms with Crippen molar-refractivity contribution in [3.05, 3.63) is 102 Å². The van der Waals surface area contributed by atoms with E-state index in [1.54, 1.807) is 36.4 Å². The Kier molecular flexibility index (Phi) is 6.51. The lowest BCUT2D eigenvalue weighted by Gasteiger charge is -2.08. The van der Waals surface area contributed by atoms with E-state index in [1.165, 1.54) is 17.4 Å². The number of hydrogen-bond acceptors (Lipinski definition) is 6. The molecule has 0 N–H and O–H groups in total. The summed E-state index contributed by atoms with van der Waals surface area (Å²) in [6.45, 7) is 1.97. The number of fused-ring (bicyclic) bond motifs is 1. The number of carbonyl (C=O) groups excluding carboxylic acids is 2. The molecule has 4 aromatic rings. The Labute approximate surface area is 222 Å². The zero-order valence-corrected chi connectivity index (χ0v) is 21.9. The van der Waals surface area contributed by atoms with Crippen LogP contribution >= 0.6 is 50.5 Å². The predicted octanol–water partition coefficient (Wildman–Crippen LogP) is 7.84. The van der Waals surface area contributed by atoms with Crippen LogP contribution in [-0.2, 0) is 9.53 Å². The van der Waals surface area contributed by atoms with Crippen LogP contribution in [0.1, 0.15) is 26.4 Å². The number of ether oxygens (including phenoxy) is 2. The number of thiophene rings is 1. The highest BCUT2D eigenvalue weighted by molar-refractivity contribution is 9.10. The van der Waals surface area contributed by atoms with Crippen LogP contribution in [0.25, 0.3) is 16.2 Å². The van der Waals surface area contributed by atoms with Gasteiger partial charge in [0.05, 0.1) is 5.02 Å². The lowest BCUT2D eigenvalue weighted by Crippen LogP contribution is -2.08. The molecule has 3 aromatic carbocycles. The number of hydrogen-bond donors (Lipinski definition) is 0. The second kappa shape index (κ2) is 9.59. The standard InChI is InChI=1S/C26H14BrCl2NO4S/c1-13-2-4-14(5-3-13)24-30-19(25(31)34-24)11-15-10-16(27)6-9-20(15)33-26(32)23-22(29)18-8-7-17(28)12-21(18)35-23/h2-12H,1H3/b19-11+. The van der Waals surface area contributed by atoms with E-state index in [4.69, 9.17) is 32.7 Å². The molecule has 0 spiro atoms. The summed E-state index contributed by atoms with van der Waals surface area (Å²) in [5.74, 6) is -0.760. The Morgan fingerprint density at radius 3 is 2.63 bits per heavy atom. The summed E-state index contributed by atoms with van der Waals surface area (Å²) in [7, 11) is 0. The maximum Gasteiger partial charge on any atom is 0.363 e. The van der Waals surface area contributed by atoms with E-state index < -0.39 is 11.9 Å². The fourth-order valence-electron chi connectivity index (χ4n) is 3.42. The number of nitrogens with zero attached hydrogens (tertiary/aromatic N) is 1. The molecule has 1 aromatic heterocycles. The van der Waals surface area contributed by atoms with Crippen molar-refractivity contribution in [1.82, 2.24) is 0 Å². The number of aryl methyl sites for hydroxylation is 1. The van der Waals surface area contributed by atoms with Gasteiger partial charge in [0.1, 0.15) is 10.6 Å². The van der Waals surface area contributed by atoms with Gasteiger partial charge < -0.3 is 9.47 Å². The molecule has 1 aliphatic heterocycles. The zero-order valence-electron chi connectivity index (χ0n) is 18.0. The summed E-state index contributed by atoms with van der Waals surface area (Å²) in [6, 6.07) is 17.8. The zero-order chi connectivity index (χ0) is 24.7. The van der Waals surface area contributed by atoms with E-state index in [1.807, 2.05) is 31.2 Å². The van der Waals surface area contributed by atoms with Gasteiger partial charge in [-0.05, 0) is 55.5 Å². The molecule has 35 heavy (non-hydrogen) atoms. The van der Waals surface area contributed by atoms with Gasteiger partial charge in [0.15, 0.2) is 5.70 Å². The van der Waals surface area contributed by atoms with E-state index in [2.05, 4.69) is 20.9 Å². The summed E-state index contributed by atoms with van der Waals surface area (Å²) in [5, 5.41) is 1.57. The first kappa shape index (κ1) is 23.8.